The van der Waals surface area contributed by atoms with Crippen molar-refractivity contribution >= 4 is 27.3 Å². The Morgan fingerprint density at radius 1 is 1.00 bits per heavy atom. The van der Waals surface area contributed by atoms with Crippen LogP contribution in [0.3, 0.4) is 0 Å². The molecule has 0 unspecified atom stereocenters. The molecule has 1 aliphatic rings. The molecule has 0 bridgehead atoms. The molecule has 2 rings (SSSR count). The van der Waals surface area contributed by atoms with E-state index in [1.54, 1.807) is 0 Å². The Bertz CT molecular complexity index is 248. The zero-order chi connectivity index (χ0) is 7.84. The second-order valence-electron chi connectivity index (χ2n) is 2.71. The number of nitrogens with zero attached hydrogens (tertiary/aromatic N) is 2. The van der Waals surface area contributed by atoms with E-state index in [1.807, 2.05) is 0 Å². The van der Waals surface area contributed by atoms with Gasteiger partial charge in [-0.05, 0) is 0 Å². The standard InChI is InChI=1S/C8H10GeN2/c1-10-7-5-3-4-6-8(7)11(2)9-10/h3-6H,1-2H3. The molecule has 0 aliphatic carbocycles. The van der Waals surface area contributed by atoms with Gasteiger partial charge in [0.25, 0.3) is 0 Å². The Labute approximate surface area is 73.7 Å². The molecule has 0 fully saturated rings. The number of rotatable bonds is 0. The van der Waals surface area contributed by atoms with Crippen LogP contribution in [0.4, 0.5) is 11.4 Å². The van der Waals surface area contributed by atoms with Crippen molar-refractivity contribution in [3.8, 4) is 0 Å². The van der Waals surface area contributed by atoms with E-state index in [1.165, 1.54) is 11.4 Å². The minimum atomic E-state index is -0.0754. The van der Waals surface area contributed by atoms with Gasteiger partial charge < -0.3 is 0 Å². The van der Waals surface area contributed by atoms with Crippen LogP contribution in [0, 0.1) is 0 Å². The average Bonchev–Trinajstić information content (AvgIpc) is 2.30. The predicted octanol–water partition coefficient (Wildman–Crippen LogP) is 1.11. The molecule has 0 saturated carbocycles. The summed E-state index contributed by atoms with van der Waals surface area (Å²) in [5, 5.41) is 0. The molecule has 2 nitrogen and oxygen atoms in total. The molecule has 0 saturated heterocycles. The monoisotopic (exact) mass is 208 g/mol. The maximum atomic E-state index is 2.37. The van der Waals surface area contributed by atoms with Gasteiger partial charge in [-0.3, -0.25) is 0 Å². The van der Waals surface area contributed by atoms with Crippen molar-refractivity contribution < 1.29 is 0 Å². The van der Waals surface area contributed by atoms with Crippen molar-refractivity contribution in [3.05, 3.63) is 24.3 Å². The first kappa shape index (κ1) is 7.04. The van der Waals surface area contributed by atoms with Gasteiger partial charge in [0.05, 0.1) is 0 Å². The summed E-state index contributed by atoms with van der Waals surface area (Å²) < 4.78 is 4.74. The zero-order valence-electron chi connectivity index (χ0n) is 6.70. The van der Waals surface area contributed by atoms with E-state index in [4.69, 9.17) is 0 Å². The summed E-state index contributed by atoms with van der Waals surface area (Å²) in [6.07, 6.45) is 0. The summed E-state index contributed by atoms with van der Waals surface area (Å²) in [5.41, 5.74) is 2.77. The maximum absolute atomic E-state index is 2.37. The van der Waals surface area contributed by atoms with Gasteiger partial charge >= 0.3 is 73.3 Å². The van der Waals surface area contributed by atoms with Crippen LogP contribution >= 0.6 is 0 Å². The van der Waals surface area contributed by atoms with Gasteiger partial charge in [0.1, 0.15) is 0 Å². The van der Waals surface area contributed by atoms with E-state index >= 15 is 0 Å². The normalized spacial score (nSPS) is 15.5. The Morgan fingerprint density at radius 2 is 1.45 bits per heavy atom. The molecule has 11 heavy (non-hydrogen) atoms. The number of hydrogen-bond acceptors (Lipinski definition) is 2. The van der Waals surface area contributed by atoms with Crippen molar-refractivity contribution in [2.24, 2.45) is 0 Å². The number of fused-ring (bicyclic) bond motifs is 1. The fourth-order valence-corrected chi connectivity index (χ4v) is 3.55. The second-order valence-corrected chi connectivity index (χ2v) is 5.94. The molecule has 56 valence electrons. The summed E-state index contributed by atoms with van der Waals surface area (Å²) in [5.74, 6) is 0. The van der Waals surface area contributed by atoms with Gasteiger partial charge in [0, 0.05) is 0 Å². The molecule has 1 aliphatic heterocycles. The van der Waals surface area contributed by atoms with Crippen LogP contribution < -0.4 is 7.71 Å². The summed E-state index contributed by atoms with van der Waals surface area (Å²) >= 11 is -0.0754. The third-order valence-corrected chi connectivity index (χ3v) is 4.17. The molecular formula is C8H10GeN2. The second kappa shape index (κ2) is 2.45. The van der Waals surface area contributed by atoms with E-state index in [0.717, 1.165) is 0 Å². The van der Waals surface area contributed by atoms with E-state index in [2.05, 4.69) is 46.1 Å². The topological polar surface area (TPSA) is 6.48 Å². The molecule has 2 radical (unpaired) electrons. The quantitative estimate of drug-likeness (QED) is 0.587. The van der Waals surface area contributed by atoms with Gasteiger partial charge in [-0.1, -0.05) is 0 Å². The van der Waals surface area contributed by atoms with Gasteiger partial charge in [0.15, 0.2) is 0 Å². The van der Waals surface area contributed by atoms with Crippen LogP contribution in [0.2, 0.25) is 0 Å². The molecule has 0 atom stereocenters. The van der Waals surface area contributed by atoms with Crippen molar-refractivity contribution in [2.45, 2.75) is 0 Å². The van der Waals surface area contributed by atoms with Crippen molar-refractivity contribution in [3.63, 3.8) is 0 Å². The van der Waals surface area contributed by atoms with Gasteiger partial charge in [-0.15, -0.1) is 0 Å². The summed E-state index contributed by atoms with van der Waals surface area (Å²) in [7, 11) is 4.34. The molecule has 1 aromatic rings. The molecular weight excluding hydrogens is 197 g/mol. The number of benzene rings is 1. The van der Waals surface area contributed by atoms with Gasteiger partial charge in [-0.2, -0.15) is 0 Å². The summed E-state index contributed by atoms with van der Waals surface area (Å²) in [6, 6.07) is 8.56. The first-order valence-corrected chi connectivity index (χ1v) is 5.49. The third-order valence-electron chi connectivity index (χ3n) is 1.90. The van der Waals surface area contributed by atoms with E-state index in [0.29, 0.717) is 0 Å². The van der Waals surface area contributed by atoms with Crippen LogP contribution in [0.5, 0.6) is 0 Å². The fraction of sp³-hybridized carbons (Fsp3) is 0.250. The van der Waals surface area contributed by atoms with E-state index < -0.39 is 0 Å². The molecule has 0 spiro atoms. The van der Waals surface area contributed by atoms with Crippen LogP contribution in [0.25, 0.3) is 0 Å². The van der Waals surface area contributed by atoms with Crippen LogP contribution in [0.1, 0.15) is 0 Å². The number of para-hydroxylation sites is 2. The number of anilines is 2. The molecule has 0 amide bonds. The first-order chi connectivity index (χ1) is 5.29. The minimum absolute atomic E-state index is 0.0754. The summed E-state index contributed by atoms with van der Waals surface area (Å²) in [4.78, 5) is 0. The van der Waals surface area contributed by atoms with Crippen LogP contribution in [0.15, 0.2) is 24.3 Å². The Hall–Kier alpha value is -0.637. The molecule has 0 N–H and O–H groups in total. The van der Waals surface area contributed by atoms with E-state index in [-0.39, 0.29) is 15.9 Å². The van der Waals surface area contributed by atoms with Gasteiger partial charge in [0.2, 0.25) is 0 Å². The molecule has 1 heterocycles. The van der Waals surface area contributed by atoms with Crippen molar-refractivity contribution in [2.75, 3.05) is 21.8 Å². The predicted molar refractivity (Wildman–Crippen MR) is 49.0 cm³/mol. The van der Waals surface area contributed by atoms with Gasteiger partial charge in [-0.25, -0.2) is 0 Å². The molecule has 0 aromatic heterocycles. The van der Waals surface area contributed by atoms with Crippen LogP contribution in [-0.4, -0.2) is 30.0 Å². The van der Waals surface area contributed by atoms with Crippen LogP contribution in [-0.2, 0) is 0 Å². The molecule has 3 heteroatoms. The molecule has 1 aromatic carbocycles. The summed E-state index contributed by atoms with van der Waals surface area (Å²) in [6.45, 7) is 0. The third kappa shape index (κ3) is 1.01. The van der Waals surface area contributed by atoms with E-state index in [9.17, 15) is 0 Å². The average molecular weight is 207 g/mol. The van der Waals surface area contributed by atoms with Crippen molar-refractivity contribution in [1.29, 1.82) is 0 Å². The Kier molecular flexibility index (Phi) is 1.56. The SMILES string of the molecule is C[N]1[Ge][N](C)c2ccccc21. The number of hydrogen-bond donors (Lipinski definition) is 0. The zero-order valence-corrected chi connectivity index (χ0v) is 8.80. The Balaban J connectivity index is 2.52. The first-order valence-electron chi connectivity index (χ1n) is 3.62. The van der Waals surface area contributed by atoms with Crippen molar-refractivity contribution in [1.82, 2.24) is 0 Å². The Morgan fingerprint density at radius 3 is 1.91 bits per heavy atom. The fourth-order valence-electron chi connectivity index (χ4n) is 1.36.